The number of aliphatic imine (C=N–C) groups is 1. The maximum absolute atomic E-state index is 12.9. The highest BCUT2D eigenvalue weighted by Gasteiger charge is 2.35. The van der Waals surface area contributed by atoms with Crippen molar-refractivity contribution in [3.63, 3.8) is 0 Å². The van der Waals surface area contributed by atoms with E-state index in [-0.39, 0.29) is 22.9 Å². The number of halogens is 1. The molecule has 0 N–H and O–H groups in total. The fraction of sp³-hybridized carbons (Fsp3) is 0.600. The molecule has 142 valence electrons. The number of hydrogen-bond donors (Lipinski definition) is 0. The second kappa shape index (κ2) is 10.3. The van der Waals surface area contributed by atoms with Crippen LogP contribution >= 0.6 is 29.2 Å². The third-order valence-electron chi connectivity index (χ3n) is 5.64. The third-order valence-corrected chi connectivity index (χ3v) is 5.73. The van der Waals surface area contributed by atoms with E-state index in [1.54, 1.807) is 0 Å². The monoisotopic (exact) mass is 437 g/mol. The molecule has 1 aromatic carbocycles. The van der Waals surface area contributed by atoms with Crippen LogP contribution in [0.3, 0.4) is 0 Å². The average Bonchev–Trinajstić information content (AvgIpc) is 3.16. The van der Waals surface area contributed by atoms with Gasteiger partial charge in [-0.3, -0.25) is 9.69 Å². The highest BCUT2D eigenvalue weighted by atomic mass is 79.9. The first-order chi connectivity index (χ1) is 12.2. The number of carbonyl (C=O) groups excluding carboxylic acids is 1. The summed E-state index contributed by atoms with van der Waals surface area (Å²) >= 11 is 4.66. The molecule has 1 aliphatic carbocycles. The molecule has 1 aliphatic heterocycles. The lowest BCUT2D eigenvalue weighted by molar-refractivity contribution is -0.133. The van der Waals surface area contributed by atoms with Gasteiger partial charge in [0, 0.05) is 19.1 Å². The van der Waals surface area contributed by atoms with Gasteiger partial charge in [0.05, 0.1) is 17.3 Å². The number of benzene rings is 1. The largest absolute Gasteiger partial charge is 0.341 e. The van der Waals surface area contributed by atoms with Crippen LogP contribution in [0, 0.1) is 0 Å². The van der Waals surface area contributed by atoms with Crippen molar-refractivity contribution >= 4 is 46.0 Å². The van der Waals surface area contributed by atoms with Gasteiger partial charge in [-0.15, -0.1) is 17.0 Å². The number of likely N-dealkylation sites (N-methyl/N-ethyl adjacent to an activating group) is 1. The molecule has 1 aromatic rings. The van der Waals surface area contributed by atoms with Gasteiger partial charge in [0.2, 0.25) is 5.91 Å². The molecule has 1 saturated carbocycles. The normalized spacial score (nSPS) is 23.0. The molecule has 3 rings (SSSR count). The fourth-order valence-electron chi connectivity index (χ4n) is 4.32. The van der Waals surface area contributed by atoms with Gasteiger partial charge in [0.25, 0.3) is 0 Å². The molecule has 1 amide bonds. The van der Waals surface area contributed by atoms with Crippen molar-refractivity contribution in [3.05, 3.63) is 29.8 Å². The third kappa shape index (κ3) is 5.23. The SMILES string of the molecule is Br.CN(C(=O)Cc1cccc(N=C=S)c1)[C@H]1CCCC[C@@H]1N1CCCC1. The smallest absolute Gasteiger partial charge is 0.227 e. The Bertz CT molecular complexity index is 656. The lowest BCUT2D eigenvalue weighted by Gasteiger charge is -2.42. The van der Waals surface area contributed by atoms with Gasteiger partial charge >= 0.3 is 0 Å². The Morgan fingerprint density at radius 1 is 1.27 bits per heavy atom. The van der Waals surface area contributed by atoms with Crippen molar-refractivity contribution in [3.8, 4) is 0 Å². The first kappa shape index (κ1) is 21.2. The van der Waals surface area contributed by atoms with Crippen molar-refractivity contribution in [2.24, 2.45) is 4.99 Å². The molecule has 2 atom stereocenters. The number of thiocarbonyl (C=S) groups is 1. The van der Waals surface area contributed by atoms with Gasteiger partial charge in [-0.2, -0.15) is 4.99 Å². The second-order valence-corrected chi connectivity index (χ2v) is 7.40. The summed E-state index contributed by atoms with van der Waals surface area (Å²) in [4.78, 5) is 21.5. The Morgan fingerprint density at radius 2 is 2.00 bits per heavy atom. The summed E-state index contributed by atoms with van der Waals surface area (Å²) in [6, 6.07) is 8.58. The van der Waals surface area contributed by atoms with E-state index < -0.39 is 0 Å². The maximum Gasteiger partial charge on any atom is 0.227 e. The molecule has 2 aliphatic rings. The molecule has 0 spiro atoms. The molecule has 1 heterocycles. The van der Waals surface area contributed by atoms with Crippen LogP contribution in [0.4, 0.5) is 5.69 Å². The van der Waals surface area contributed by atoms with E-state index in [1.807, 2.05) is 36.2 Å². The second-order valence-electron chi connectivity index (χ2n) is 7.22. The summed E-state index contributed by atoms with van der Waals surface area (Å²) in [5.74, 6) is 0.194. The van der Waals surface area contributed by atoms with Gasteiger partial charge in [-0.05, 0) is 68.7 Å². The Morgan fingerprint density at radius 3 is 2.73 bits per heavy atom. The number of hydrogen-bond acceptors (Lipinski definition) is 4. The summed E-state index contributed by atoms with van der Waals surface area (Å²) in [6.07, 6.45) is 7.88. The topological polar surface area (TPSA) is 35.9 Å². The number of likely N-dealkylation sites (tertiary alicyclic amines) is 1. The van der Waals surface area contributed by atoms with Gasteiger partial charge in [-0.25, -0.2) is 0 Å². The van der Waals surface area contributed by atoms with E-state index in [0.717, 1.165) is 17.7 Å². The number of isothiocyanates is 1. The molecule has 0 aromatic heterocycles. The minimum Gasteiger partial charge on any atom is -0.341 e. The molecular weight excluding hydrogens is 410 g/mol. The lowest BCUT2D eigenvalue weighted by Crippen LogP contribution is -2.53. The molecule has 6 heteroatoms. The summed E-state index contributed by atoms with van der Waals surface area (Å²) in [7, 11) is 1.99. The minimum atomic E-state index is 0. The Balaban J connectivity index is 0.00000243. The molecule has 4 nitrogen and oxygen atoms in total. The zero-order valence-corrected chi connectivity index (χ0v) is 17.9. The molecule has 0 unspecified atom stereocenters. The van der Waals surface area contributed by atoms with Crippen LogP contribution in [-0.2, 0) is 11.2 Å². The molecule has 0 radical (unpaired) electrons. The van der Waals surface area contributed by atoms with E-state index in [0.29, 0.717) is 18.5 Å². The van der Waals surface area contributed by atoms with Crippen LogP contribution in [-0.4, -0.2) is 53.1 Å². The van der Waals surface area contributed by atoms with Gasteiger partial charge in [0.15, 0.2) is 0 Å². The van der Waals surface area contributed by atoms with E-state index in [2.05, 4.69) is 27.3 Å². The molecule has 0 bridgehead atoms. The number of rotatable bonds is 5. The van der Waals surface area contributed by atoms with Gasteiger partial charge in [0.1, 0.15) is 0 Å². The molecule has 26 heavy (non-hydrogen) atoms. The fourth-order valence-corrected chi connectivity index (χ4v) is 4.42. The van der Waals surface area contributed by atoms with Crippen LogP contribution in [0.1, 0.15) is 44.1 Å². The van der Waals surface area contributed by atoms with E-state index >= 15 is 0 Å². The van der Waals surface area contributed by atoms with Crippen LogP contribution in [0.25, 0.3) is 0 Å². The first-order valence-corrected chi connectivity index (χ1v) is 9.76. The molecule has 2 fully saturated rings. The Labute approximate surface area is 172 Å². The van der Waals surface area contributed by atoms with E-state index in [9.17, 15) is 4.79 Å². The van der Waals surface area contributed by atoms with Crippen molar-refractivity contribution in [2.75, 3.05) is 20.1 Å². The summed E-state index contributed by atoms with van der Waals surface area (Å²) in [5, 5.41) is 2.38. The Hall–Kier alpha value is -1.07. The zero-order chi connectivity index (χ0) is 17.6. The first-order valence-electron chi connectivity index (χ1n) is 9.35. The predicted octanol–water partition coefficient (Wildman–Crippen LogP) is 4.41. The van der Waals surface area contributed by atoms with Crippen LogP contribution < -0.4 is 0 Å². The van der Waals surface area contributed by atoms with Crippen LogP contribution in [0.2, 0.25) is 0 Å². The summed E-state index contributed by atoms with van der Waals surface area (Å²) < 4.78 is 0. The average molecular weight is 438 g/mol. The van der Waals surface area contributed by atoms with Crippen molar-refractivity contribution < 1.29 is 4.79 Å². The predicted molar refractivity (Wildman–Crippen MR) is 115 cm³/mol. The van der Waals surface area contributed by atoms with Crippen molar-refractivity contribution in [1.82, 2.24) is 9.80 Å². The molecular formula is C20H28BrN3OS. The summed E-state index contributed by atoms with van der Waals surface area (Å²) in [6.45, 7) is 2.39. The highest BCUT2D eigenvalue weighted by molar-refractivity contribution is 8.93. The standard InChI is InChI=1S/C20H27N3OS.BrH/c1-22(18-9-2-3-10-19(18)23-11-4-5-12-23)20(24)14-16-7-6-8-17(13-16)21-15-25;/h6-8,13,18-19H,2-5,9-12,14H2,1H3;1H/t18-,19-;/m0./s1. The van der Waals surface area contributed by atoms with Crippen LogP contribution in [0.5, 0.6) is 0 Å². The van der Waals surface area contributed by atoms with Gasteiger partial charge < -0.3 is 4.90 Å². The zero-order valence-electron chi connectivity index (χ0n) is 15.4. The van der Waals surface area contributed by atoms with E-state index in [4.69, 9.17) is 0 Å². The van der Waals surface area contributed by atoms with E-state index in [1.165, 1.54) is 45.2 Å². The van der Waals surface area contributed by atoms with Crippen LogP contribution in [0.15, 0.2) is 29.3 Å². The minimum absolute atomic E-state index is 0. The maximum atomic E-state index is 12.9. The van der Waals surface area contributed by atoms with Crippen molar-refractivity contribution in [1.29, 1.82) is 0 Å². The quantitative estimate of drug-likeness (QED) is 0.505. The number of nitrogens with zero attached hydrogens (tertiary/aromatic N) is 3. The van der Waals surface area contributed by atoms with Gasteiger partial charge in [-0.1, -0.05) is 25.0 Å². The molecule has 1 saturated heterocycles. The number of carbonyl (C=O) groups is 1. The van der Waals surface area contributed by atoms with Crippen molar-refractivity contribution in [2.45, 2.75) is 57.0 Å². The Kier molecular flexibility index (Phi) is 8.42. The lowest BCUT2D eigenvalue weighted by atomic mass is 9.88. The highest BCUT2D eigenvalue weighted by Crippen LogP contribution is 2.29. The summed E-state index contributed by atoms with van der Waals surface area (Å²) in [5.41, 5.74) is 1.74. The number of amides is 1.